The zero-order chi connectivity index (χ0) is 21.6. The average Bonchev–Trinajstić information content (AvgIpc) is 3.32. The molecule has 0 amide bonds. The van der Waals surface area contributed by atoms with Crippen LogP contribution in [0.2, 0.25) is 0 Å². The molecule has 7 nitrogen and oxygen atoms in total. The number of anilines is 1. The van der Waals surface area contributed by atoms with Gasteiger partial charge < -0.3 is 24.8 Å². The van der Waals surface area contributed by atoms with Crippen LogP contribution < -0.4 is 24.8 Å². The van der Waals surface area contributed by atoms with Crippen LogP contribution in [0, 0.1) is 5.82 Å². The highest BCUT2D eigenvalue weighted by Gasteiger charge is 2.17. The fourth-order valence-electron chi connectivity index (χ4n) is 3.43. The first kappa shape index (κ1) is 20.9. The summed E-state index contributed by atoms with van der Waals surface area (Å²) < 4.78 is 30.4. The van der Waals surface area contributed by atoms with Gasteiger partial charge in [-0.3, -0.25) is 0 Å². The highest BCUT2D eigenvalue weighted by atomic mass is 19.1. The summed E-state index contributed by atoms with van der Waals surface area (Å²) in [7, 11) is 3.10. The minimum Gasteiger partial charge on any atom is -0.497 e. The number of ether oxygens (including phenoxy) is 3. The Balaban J connectivity index is 1.64. The normalized spacial score (nSPS) is 15.5. The van der Waals surface area contributed by atoms with Crippen LogP contribution in [0.25, 0.3) is 11.4 Å². The second kappa shape index (κ2) is 9.61. The molecule has 2 N–H and O–H groups in total. The Morgan fingerprint density at radius 1 is 1.06 bits per heavy atom. The van der Waals surface area contributed by atoms with Crippen molar-refractivity contribution in [1.82, 2.24) is 15.3 Å². The van der Waals surface area contributed by atoms with E-state index in [1.54, 1.807) is 31.5 Å². The van der Waals surface area contributed by atoms with Crippen LogP contribution >= 0.6 is 0 Å². The first-order chi connectivity index (χ1) is 15.1. The maximum atomic E-state index is 14.0. The topological polar surface area (TPSA) is 77.5 Å². The number of hydrogen-bond donors (Lipinski definition) is 2. The average molecular weight is 424 g/mol. The molecule has 0 radical (unpaired) electrons. The van der Waals surface area contributed by atoms with E-state index in [2.05, 4.69) is 20.6 Å². The van der Waals surface area contributed by atoms with Crippen LogP contribution in [0.15, 0.2) is 48.7 Å². The third-order valence-corrected chi connectivity index (χ3v) is 5.09. The molecule has 1 fully saturated rings. The minimum absolute atomic E-state index is 0.339. The van der Waals surface area contributed by atoms with Crippen molar-refractivity contribution in [1.29, 1.82) is 0 Å². The molecule has 1 aliphatic rings. The van der Waals surface area contributed by atoms with Crippen LogP contribution in [0.1, 0.15) is 12.8 Å². The third kappa shape index (κ3) is 5.21. The molecule has 2 heterocycles. The number of benzene rings is 2. The van der Waals surface area contributed by atoms with Crippen LogP contribution in [0.3, 0.4) is 0 Å². The van der Waals surface area contributed by atoms with Gasteiger partial charge in [0.25, 0.3) is 0 Å². The first-order valence-electron chi connectivity index (χ1n) is 10.2. The quantitative estimate of drug-likeness (QED) is 0.560. The summed E-state index contributed by atoms with van der Waals surface area (Å²) in [6.07, 6.45) is 3.94. The van der Waals surface area contributed by atoms with E-state index in [1.807, 2.05) is 12.1 Å². The van der Waals surface area contributed by atoms with Gasteiger partial charge >= 0.3 is 0 Å². The van der Waals surface area contributed by atoms with E-state index in [0.29, 0.717) is 40.5 Å². The summed E-state index contributed by atoms with van der Waals surface area (Å²) in [5, 5.41) is 6.83. The molecular weight excluding hydrogens is 399 g/mol. The van der Waals surface area contributed by atoms with Gasteiger partial charge in [0.15, 0.2) is 5.82 Å². The monoisotopic (exact) mass is 424 g/mol. The number of nitrogens with one attached hydrogen (secondary N) is 2. The molecule has 162 valence electrons. The largest absolute Gasteiger partial charge is 0.497 e. The fourth-order valence-corrected chi connectivity index (χ4v) is 3.43. The smallest absolute Gasteiger partial charge is 0.246 e. The van der Waals surface area contributed by atoms with Crippen LogP contribution in [-0.4, -0.2) is 43.3 Å². The van der Waals surface area contributed by atoms with Crippen molar-refractivity contribution >= 4 is 5.69 Å². The molecule has 0 unspecified atom stereocenters. The molecule has 1 aromatic heterocycles. The lowest BCUT2D eigenvalue weighted by Crippen LogP contribution is -2.29. The highest BCUT2D eigenvalue weighted by molar-refractivity contribution is 5.62. The Hall–Kier alpha value is -3.39. The van der Waals surface area contributed by atoms with Crippen molar-refractivity contribution in [3.05, 3.63) is 54.5 Å². The van der Waals surface area contributed by atoms with Gasteiger partial charge in [0.2, 0.25) is 5.88 Å². The summed E-state index contributed by atoms with van der Waals surface area (Å²) in [6, 6.07) is 12.0. The van der Waals surface area contributed by atoms with E-state index in [4.69, 9.17) is 14.2 Å². The predicted octanol–water partition coefficient (Wildman–Crippen LogP) is 4.26. The molecule has 1 saturated heterocycles. The lowest BCUT2D eigenvalue weighted by molar-refractivity contribution is 0.411. The molecule has 0 spiro atoms. The number of halogens is 1. The third-order valence-electron chi connectivity index (χ3n) is 5.09. The van der Waals surface area contributed by atoms with Crippen LogP contribution in [0.4, 0.5) is 10.1 Å². The minimum atomic E-state index is -0.426. The van der Waals surface area contributed by atoms with Gasteiger partial charge in [0.05, 0.1) is 20.4 Å². The summed E-state index contributed by atoms with van der Waals surface area (Å²) >= 11 is 0. The van der Waals surface area contributed by atoms with Crippen molar-refractivity contribution in [2.75, 3.05) is 32.6 Å². The summed E-state index contributed by atoms with van der Waals surface area (Å²) in [4.78, 5) is 9.00. The summed E-state index contributed by atoms with van der Waals surface area (Å²) in [5.41, 5.74) is 1.16. The number of methoxy groups -OCH3 is 2. The van der Waals surface area contributed by atoms with E-state index in [-0.39, 0.29) is 0 Å². The molecule has 31 heavy (non-hydrogen) atoms. The number of hydrogen-bond acceptors (Lipinski definition) is 7. The number of nitrogens with zero attached hydrogens (tertiary/aromatic N) is 2. The molecule has 8 heteroatoms. The van der Waals surface area contributed by atoms with Crippen molar-refractivity contribution in [3.8, 4) is 34.5 Å². The predicted molar refractivity (Wildman–Crippen MR) is 117 cm³/mol. The number of rotatable bonds is 8. The Bertz CT molecular complexity index is 1020. The van der Waals surface area contributed by atoms with Gasteiger partial charge in [0.1, 0.15) is 28.8 Å². The Kier molecular flexibility index (Phi) is 6.47. The SMILES string of the molecule is COc1ccc(Oc2nc(-c3cc(F)cc(OC)c3)ncc2NC[C@@H]2CCCN2)cc1. The second-order valence-corrected chi connectivity index (χ2v) is 7.24. The summed E-state index contributed by atoms with van der Waals surface area (Å²) in [5.74, 6) is 2.00. The van der Waals surface area contributed by atoms with Crippen molar-refractivity contribution < 1.29 is 18.6 Å². The standard InChI is InChI=1S/C23H25FN4O3/c1-29-18-5-7-19(8-6-18)31-23-21(26-13-17-4-3-9-25-17)14-27-22(28-23)15-10-16(24)12-20(11-15)30-2/h5-8,10-12,14,17,25-26H,3-4,9,13H2,1-2H3/t17-/m0/s1. The fraction of sp³-hybridized carbons (Fsp3) is 0.304. The first-order valence-corrected chi connectivity index (χ1v) is 10.2. The van der Waals surface area contributed by atoms with Crippen LogP contribution in [-0.2, 0) is 0 Å². The van der Waals surface area contributed by atoms with Crippen LogP contribution in [0.5, 0.6) is 23.1 Å². The molecule has 3 aromatic rings. The highest BCUT2D eigenvalue weighted by Crippen LogP contribution is 2.31. The zero-order valence-corrected chi connectivity index (χ0v) is 17.5. The van der Waals surface area contributed by atoms with E-state index >= 15 is 0 Å². The van der Waals surface area contributed by atoms with Crippen molar-refractivity contribution in [3.63, 3.8) is 0 Å². The van der Waals surface area contributed by atoms with Gasteiger partial charge in [-0.2, -0.15) is 4.98 Å². The van der Waals surface area contributed by atoms with E-state index < -0.39 is 5.82 Å². The molecule has 1 aliphatic heterocycles. The van der Waals surface area contributed by atoms with Crippen molar-refractivity contribution in [2.45, 2.75) is 18.9 Å². The van der Waals surface area contributed by atoms with Crippen molar-refractivity contribution in [2.24, 2.45) is 0 Å². The molecule has 4 rings (SSSR count). The van der Waals surface area contributed by atoms with Gasteiger partial charge in [-0.15, -0.1) is 0 Å². The van der Waals surface area contributed by atoms with Gasteiger partial charge in [-0.1, -0.05) is 0 Å². The molecule has 0 bridgehead atoms. The molecule has 1 atom stereocenters. The van der Waals surface area contributed by atoms with E-state index in [0.717, 1.165) is 25.3 Å². The zero-order valence-electron chi connectivity index (χ0n) is 17.5. The Morgan fingerprint density at radius 3 is 2.55 bits per heavy atom. The summed E-state index contributed by atoms with van der Waals surface area (Å²) in [6.45, 7) is 1.76. The Labute approximate surface area is 180 Å². The molecule has 0 saturated carbocycles. The molecular formula is C23H25FN4O3. The lowest BCUT2D eigenvalue weighted by Gasteiger charge is -2.16. The molecule has 2 aromatic carbocycles. The van der Waals surface area contributed by atoms with E-state index in [9.17, 15) is 4.39 Å². The van der Waals surface area contributed by atoms with Gasteiger partial charge in [-0.25, -0.2) is 9.37 Å². The number of aromatic nitrogens is 2. The maximum Gasteiger partial charge on any atom is 0.246 e. The maximum absolute atomic E-state index is 14.0. The van der Waals surface area contributed by atoms with Gasteiger partial charge in [0, 0.05) is 24.2 Å². The lowest BCUT2D eigenvalue weighted by atomic mass is 10.2. The van der Waals surface area contributed by atoms with Gasteiger partial charge in [-0.05, 0) is 55.8 Å². The van der Waals surface area contributed by atoms with E-state index in [1.165, 1.54) is 25.7 Å². The second-order valence-electron chi connectivity index (χ2n) is 7.24. The Morgan fingerprint density at radius 2 is 1.84 bits per heavy atom. The molecule has 0 aliphatic carbocycles.